The van der Waals surface area contributed by atoms with Gasteiger partial charge in [0, 0.05) is 32.7 Å². The molecule has 1 aromatic rings. The van der Waals surface area contributed by atoms with Gasteiger partial charge >= 0.3 is 0 Å². The van der Waals surface area contributed by atoms with E-state index in [0.29, 0.717) is 25.4 Å². The van der Waals surface area contributed by atoms with Crippen molar-refractivity contribution in [3.05, 3.63) is 24.3 Å². The minimum absolute atomic E-state index is 0. The van der Waals surface area contributed by atoms with Crippen LogP contribution in [0.2, 0.25) is 0 Å². The van der Waals surface area contributed by atoms with E-state index in [1.807, 2.05) is 24.3 Å². The molecule has 1 saturated heterocycles. The summed E-state index contributed by atoms with van der Waals surface area (Å²) >= 11 is 0. The first kappa shape index (κ1) is 25.8. The van der Waals surface area contributed by atoms with Gasteiger partial charge in [0.05, 0.1) is 25.9 Å². The van der Waals surface area contributed by atoms with Crippen molar-refractivity contribution < 1.29 is 14.2 Å². The van der Waals surface area contributed by atoms with E-state index in [9.17, 15) is 0 Å². The molecule has 0 radical (unpaired) electrons. The third-order valence-electron chi connectivity index (χ3n) is 4.46. The molecule has 2 N–H and O–H groups in total. The number of morpholine rings is 1. The number of halogens is 1. The van der Waals surface area contributed by atoms with Crippen LogP contribution in [0.4, 0.5) is 0 Å². The van der Waals surface area contributed by atoms with Crippen molar-refractivity contribution in [2.75, 3.05) is 53.0 Å². The molecule has 1 aliphatic heterocycles. The minimum atomic E-state index is 0. The Morgan fingerprint density at radius 1 is 1.14 bits per heavy atom. The molecule has 0 aromatic heterocycles. The molecule has 0 spiro atoms. The summed E-state index contributed by atoms with van der Waals surface area (Å²) in [6.45, 7) is 12.3. The van der Waals surface area contributed by atoms with Crippen molar-refractivity contribution in [1.82, 2.24) is 15.5 Å². The predicted molar refractivity (Wildman–Crippen MR) is 129 cm³/mol. The van der Waals surface area contributed by atoms with Gasteiger partial charge in [-0.05, 0) is 51.5 Å². The number of aliphatic imine (C=N–C) groups is 1. The first-order valence-corrected chi connectivity index (χ1v) is 10.3. The molecule has 29 heavy (non-hydrogen) atoms. The summed E-state index contributed by atoms with van der Waals surface area (Å²) in [5, 5.41) is 6.60. The van der Waals surface area contributed by atoms with Gasteiger partial charge in [-0.3, -0.25) is 9.89 Å². The smallest absolute Gasteiger partial charge is 0.191 e. The molecule has 8 heteroatoms. The molecule has 1 fully saturated rings. The van der Waals surface area contributed by atoms with Gasteiger partial charge in [-0.1, -0.05) is 0 Å². The molecule has 0 amide bonds. The summed E-state index contributed by atoms with van der Waals surface area (Å²) in [5.74, 6) is 2.50. The number of nitrogens with one attached hydrogen (secondary N) is 2. The molecule has 0 aliphatic carbocycles. The molecule has 1 aliphatic rings. The molecular weight excluding hydrogens is 483 g/mol. The van der Waals surface area contributed by atoms with Gasteiger partial charge in [-0.25, -0.2) is 0 Å². The van der Waals surface area contributed by atoms with E-state index in [1.54, 1.807) is 7.11 Å². The second-order valence-electron chi connectivity index (χ2n) is 7.08. The average Bonchev–Trinajstić information content (AvgIpc) is 2.68. The van der Waals surface area contributed by atoms with E-state index in [-0.39, 0.29) is 24.0 Å². The molecule has 7 nitrogen and oxygen atoms in total. The van der Waals surface area contributed by atoms with Crippen LogP contribution < -0.4 is 20.1 Å². The molecule has 2 rings (SSSR count). The second kappa shape index (κ2) is 14.7. The Morgan fingerprint density at radius 2 is 1.79 bits per heavy atom. The van der Waals surface area contributed by atoms with Gasteiger partial charge in [-0.15, -0.1) is 24.0 Å². The minimum Gasteiger partial charge on any atom is -0.497 e. The fourth-order valence-corrected chi connectivity index (χ4v) is 3.30. The molecule has 2 atom stereocenters. The van der Waals surface area contributed by atoms with E-state index in [4.69, 9.17) is 14.2 Å². The average molecular weight is 520 g/mol. The van der Waals surface area contributed by atoms with E-state index in [2.05, 4.69) is 41.3 Å². The lowest BCUT2D eigenvalue weighted by molar-refractivity contribution is -0.0679. The summed E-state index contributed by atoms with van der Waals surface area (Å²) in [4.78, 5) is 7.14. The van der Waals surface area contributed by atoms with Crippen molar-refractivity contribution in [1.29, 1.82) is 0 Å². The summed E-state index contributed by atoms with van der Waals surface area (Å²) in [7, 11) is 1.66. The third kappa shape index (κ3) is 10.4. The highest BCUT2D eigenvalue weighted by Gasteiger charge is 2.21. The molecule has 2 unspecified atom stereocenters. The Labute approximate surface area is 192 Å². The third-order valence-corrected chi connectivity index (χ3v) is 4.46. The van der Waals surface area contributed by atoms with Crippen LogP contribution in [-0.4, -0.2) is 76.1 Å². The number of ether oxygens (including phenoxy) is 3. The number of benzene rings is 1. The summed E-state index contributed by atoms with van der Waals surface area (Å²) in [6, 6.07) is 7.60. The maximum atomic E-state index is 5.78. The van der Waals surface area contributed by atoms with Crippen LogP contribution in [-0.2, 0) is 4.74 Å². The molecule has 1 aromatic carbocycles. The molecule has 166 valence electrons. The van der Waals surface area contributed by atoms with E-state index in [0.717, 1.165) is 56.6 Å². The normalized spacial score (nSPS) is 19.9. The second-order valence-corrected chi connectivity index (χ2v) is 7.08. The Balaban J connectivity index is 0.00000420. The SMILES string of the molecule is CCNC(=NCCCN1CC(C)OC(C)C1)NCCOc1ccc(OC)cc1.I. The predicted octanol–water partition coefficient (Wildman–Crippen LogP) is 2.75. The monoisotopic (exact) mass is 520 g/mol. The number of hydrogen-bond donors (Lipinski definition) is 2. The van der Waals surface area contributed by atoms with Crippen molar-refractivity contribution >= 4 is 29.9 Å². The highest BCUT2D eigenvalue weighted by Crippen LogP contribution is 2.16. The lowest BCUT2D eigenvalue weighted by Crippen LogP contribution is -2.45. The summed E-state index contributed by atoms with van der Waals surface area (Å²) in [5.41, 5.74) is 0. The molecular formula is C21H37IN4O3. The fraction of sp³-hybridized carbons (Fsp3) is 0.667. The van der Waals surface area contributed by atoms with Crippen LogP contribution in [0.15, 0.2) is 29.3 Å². The van der Waals surface area contributed by atoms with Crippen LogP contribution >= 0.6 is 24.0 Å². The Kier molecular flexibility index (Phi) is 13.0. The Bertz CT molecular complexity index is 576. The summed E-state index contributed by atoms with van der Waals surface area (Å²) < 4.78 is 16.7. The van der Waals surface area contributed by atoms with Gasteiger partial charge in [0.25, 0.3) is 0 Å². The van der Waals surface area contributed by atoms with Crippen LogP contribution in [0, 0.1) is 0 Å². The maximum absolute atomic E-state index is 5.78. The molecule has 0 saturated carbocycles. The highest BCUT2D eigenvalue weighted by atomic mass is 127. The number of hydrogen-bond acceptors (Lipinski definition) is 5. The quantitative estimate of drug-likeness (QED) is 0.214. The van der Waals surface area contributed by atoms with Crippen LogP contribution in [0.25, 0.3) is 0 Å². The topological polar surface area (TPSA) is 67.4 Å². The van der Waals surface area contributed by atoms with Crippen LogP contribution in [0.3, 0.4) is 0 Å². The number of nitrogens with zero attached hydrogens (tertiary/aromatic N) is 2. The Hall–Kier alpha value is -1.26. The van der Waals surface area contributed by atoms with Gasteiger partial charge in [0.15, 0.2) is 5.96 Å². The summed E-state index contributed by atoms with van der Waals surface area (Å²) in [6.07, 6.45) is 1.67. The van der Waals surface area contributed by atoms with E-state index in [1.165, 1.54) is 0 Å². The lowest BCUT2D eigenvalue weighted by Gasteiger charge is -2.35. The fourth-order valence-electron chi connectivity index (χ4n) is 3.30. The van der Waals surface area contributed by atoms with Crippen molar-refractivity contribution in [2.24, 2.45) is 4.99 Å². The van der Waals surface area contributed by atoms with Gasteiger partial charge < -0.3 is 24.8 Å². The van der Waals surface area contributed by atoms with E-state index < -0.39 is 0 Å². The van der Waals surface area contributed by atoms with Crippen LogP contribution in [0.5, 0.6) is 11.5 Å². The zero-order valence-electron chi connectivity index (χ0n) is 18.1. The van der Waals surface area contributed by atoms with Gasteiger partial charge in [0.1, 0.15) is 18.1 Å². The van der Waals surface area contributed by atoms with Gasteiger partial charge in [-0.2, -0.15) is 0 Å². The molecule has 1 heterocycles. The first-order valence-electron chi connectivity index (χ1n) is 10.3. The van der Waals surface area contributed by atoms with Crippen molar-refractivity contribution in [3.8, 4) is 11.5 Å². The van der Waals surface area contributed by atoms with Crippen molar-refractivity contribution in [2.45, 2.75) is 39.4 Å². The zero-order valence-corrected chi connectivity index (χ0v) is 20.5. The Morgan fingerprint density at radius 3 is 2.41 bits per heavy atom. The van der Waals surface area contributed by atoms with E-state index >= 15 is 0 Å². The molecule has 0 bridgehead atoms. The zero-order chi connectivity index (χ0) is 20.2. The number of rotatable bonds is 10. The first-order chi connectivity index (χ1) is 13.6. The lowest BCUT2D eigenvalue weighted by atomic mass is 10.2. The van der Waals surface area contributed by atoms with Crippen molar-refractivity contribution in [3.63, 3.8) is 0 Å². The largest absolute Gasteiger partial charge is 0.497 e. The van der Waals surface area contributed by atoms with Gasteiger partial charge in [0.2, 0.25) is 0 Å². The van der Waals surface area contributed by atoms with Crippen LogP contribution in [0.1, 0.15) is 27.2 Å². The number of methoxy groups -OCH3 is 1. The standard InChI is InChI=1S/C21H36N4O3.HI/c1-5-22-21(23-11-6-13-25-15-17(2)28-18(3)16-25)24-12-14-27-20-9-7-19(26-4)8-10-20;/h7-10,17-18H,5-6,11-16H2,1-4H3,(H2,22,23,24);1H. The maximum Gasteiger partial charge on any atom is 0.191 e. The highest BCUT2D eigenvalue weighted by molar-refractivity contribution is 14.0. The number of guanidine groups is 1.